The van der Waals surface area contributed by atoms with Crippen LogP contribution in [-0.4, -0.2) is 151 Å². The van der Waals surface area contributed by atoms with E-state index in [1.165, 1.54) is 38.5 Å². The Hall–Kier alpha value is -5.32. The highest BCUT2D eigenvalue weighted by Gasteiger charge is 2.55. The SMILES string of the molecule is COc1cccc2c1C(=O)c1c(O)c3c(c(O)c1C2=O)C[C@@](O)(C(=O)CSc1cc(O)n(CCN2C(=O)C=CC2=O)c1O)C[C@@H]3O[C@H]1C[C@H]2[C@H](O[C@@H]3[C@@H](OC)OCCN32)[C@H](C)O1. The molecule has 0 spiro atoms. The van der Waals surface area contributed by atoms with E-state index in [1.807, 2.05) is 0 Å². The van der Waals surface area contributed by atoms with Crippen LogP contribution < -0.4 is 4.74 Å². The topological polar surface area (TPSA) is 253 Å². The minimum absolute atomic E-state index is 0.0449. The molecular weight excluding hydrogens is 835 g/mol. The smallest absolute Gasteiger partial charge is 0.253 e. The maximum Gasteiger partial charge on any atom is 0.253 e. The predicted octanol–water partition coefficient (Wildman–Crippen LogP) is 1.65. The molecule has 2 amide bonds. The maximum absolute atomic E-state index is 14.2. The van der Waals surface area contributed by atoms with E-state index in [0.29, 0.717) is 13.2 Å². The minimum Gasteiger partial charge on any atom is -0.507 e. The van der Waals surface area contributed by atoms with Crippen LogP contribution in [0.3, 0.4) is 0 Å². The van der Waals surface area contributed by atoms with Gasteiger partial charge in [0.2, 0.25) is 11.7 Å². The van der Waals surface area contributed by atoms with Crippen LogP contribution >= 0.6 is 11.8 Å². The van der Waals surface area contributed by atoms with Crippen molar-refractivity contribution in [2.75, 3.05) is 39.7 Å². The van der Waals surface area contributed by atoms with Crippen LogP contribution in [0.25, 0.3) is 0 Å². The summed E-state index contributed by atoms with van der Waals surface area (Å²) in [6.45, 7) is 2.39. The number of fused-ring (bicyclic) bond motifs is 6. The van der Waals surface area contributed by atoms with E-state index in [0.717, 1.165) is 33.4 Å². The van der Waals surface area contributed by atoms with Gasteiger partial charge in [-0.05, 0) is 13.0 Å². The molecule has 3 fully saturated rings. The fourth-order valence-corrected chi connectivity index (χ4v) is 10.5. The molecule has 4 aliphatic heterocycles. The predicted molar refractivity (Wildman–Crippen MR) is 211 cm³/mol. The molecule has 3 aromatic rings. The monoisotopic (exact) mass is 877 g/mol. The van der Waals surface area contributed by atoms with Gasteiger partial charge in [-0.25, -0.2) is 0 Å². The number of amides is 2. The largest absolute Gasteiger partial charge is 0.507 e. The number of benzene rings is 2. The molecule has 3 saturated heterocycles. The van der Waals surface area contributed by atoms with Gasteiger partial charge in [-0.2, -0.15) is 0 Å². The summed E-state index contributed by atoms with van der Waals surface area (Å²) in [6, 6.07) is 5.32. The lowest BCUT2D eigenvalue weighted by atomic mass is 9.72. The van der Waals surface area contributed by atoms with Crippen LogP contribution in [-0.2, 0) is 51.0 Å². The van der Waals surface area contributed by atoms with Gasteiger partial charge in [0.25, 0.3) is 11.8 Å². The second kappa shape index (κ2) is 15.8. The fourth-order valence-electron chi connectivity index (χ4n) is 9.50. The molecule has 0 radical (unpaired) electrons. The van der Waals surface area contributed by atoms with E-state index in [1.54, 1.807) is 6.92 Å². The van der Waals surface area contributed by atoms with Crippen LogP contribution in [0.4, 0.5) is 0 Å². The minimum atomic E-state index is -2.32. The van der Waals surface area contributed by atoms with Crippen LogP contribution in [0.5, 0.6) is 29.0 Å². The van der Waals surface area contributed by atoms with Gasteiger partial charge in [-0.3, -0.25) is 38.3 Å². The number of nitrogens with zero attached hydrogens (tertiary/aromatic N) is 3. The average Bonchev–Trinajstić information content (AvgIpc) is 3.89. The van der Waals surface area contributed by atoms with Gasteiger partial charge in [0, 0.05) is 87.0 Å². The summed E-state index contributed by atoms with van der Waals surface area (Å²) in [5, 5.41) is 58.0. The number of aromatic nitrogens is 1. The molecule has 9 rings (SSSR count). The molecule has 0 unspecified atom stereocenters. The van der Waals surface area contributed by atoms with E-state index in [-0.39, 0.29) is 58.5 Å². The Balaban J connectivity index is 1.03. The lowest BCUT2D eigenvalue weighted by molar-refractivity contribution is -0.256. The number of hydrogen-bond donors (Lipinski definition) is 5. The molecule has 20 heteroatoms. The number of phenols is 2. The van der Waals surface area contributed by atoms with Gasteiger partial charge in [-0.15, -0.1) is 11.8 Å². The molecule has 2 aliphatic carbocycles. The second-order valence-corrected chi connectivity index (χ2v) is 16.9. The number of thioether (sulfide) groups is 1. The highest BCUT2D eigenvalue weighted by atomic mass is 32.2. The average molecular weight is 878 g/mol. The molecule has 19 nitrogen and oxygen atoms in total. The van der Waals surface area contributed by atoms with Crippen molar-refractivity contribution in [2.24, 2.45) is 0 Å². The first-order valence-electron chi connectivity index (χ1n) is 19.9. The Morgan fingerprint density at radius 2 is 1.71 bits per heavy atom. The molecular formula is C42H43N3O16S. The van der Waals surface area contributed by atoms with Crippen molar-refractivity contribution in [3.05, 3.63) is 69.8 Å². The van der Waals surface area contributed by atoms with E-state index in [2.05, 4.69) is 4.90 Å². The van der Waals surface area contributed by atoms with Crippen molar-refractivity contribution in [3.63, 3.8) is 0 Å². The highest BCUT2D eigenvalue weighted by Crippen LogP contribution is 2.53. The number of carbonyl (C=O) groups is 5. The summed E-state index contributed by atoms with van der Waals surface area (Å²) in [5.74, 6) is -6.14. The number of Topliss-reactive ketones (excluding diaryl/α,β-unsaturated/α-hetero) is 1. The quantitative estimate of drug-likeness (QED) is 0.0816. The number of rotatable bonds is 11. The Kier molecular flexibility index (Phi) is 10.7. The van der Waals surface area contributed by atoms with Gasteiger partial charge < -0.3 is 54.0 Å². The van der Waals surface area contributed by atoms with Crippen LogP contribution in [0.1, 0.15) is 68.8 Å². The van der Waals surface area contributed by atoms with E-state index in [4.69, 9.17) is 28.4 Å². The van der Waals surface area contributed by atoms with Gasteiger partial charge in [0.15, 0.2) is 36.3 Å². The van der Waals surface area contributed by atoms with Crippen molar-refractivity contribution in [2.45, 2.75) is 86.4 Å². The number of ketones is 3. The summed E-state index contributed by atoms with van der Waals surface area (Å²) < 4.78 is 36.9. The van der Waals surface area contributed by atoms with Crippen molar-refractivity contribution in [1.82, 2.24) is 14.4 Å². The zero-order valence-electron chi connectivity index (χ0n) is 33.6. The Bertz CT molecular complexity index is 2430. The van der Waals surface area contributed by atoms with Crippen molar-refractivity contribution >= 4 is 40.9 Å². The number of methoxy groups -OCH3 is 2. The number of ether oxygens (including phenoxy) is 6. The molecule has 6 aliphatic rings. The van der Waals surface area contributed by atoms with Gasteiger partial charge in [0.05, 0.1) is 53.3 Å². The molecule has 5 N–H and O–H groups in total. The standard InChI is InChI=1S/C42H43N3O16S/c1-18-38-21(43-11-12-58-41(57-3)40(43)61-38)13-29(59-18)60-23-16-42(55,25(46)17-62-24-14-28(49)45(39(24)54)10-9-44-26(47)7-8-27(44)48)15-20-31(23)37(53)33-32(35(20)51)34(50)19-5-4-6-22(56-2)30(19)36(33)52/h4-8,14,18,21,23,29,38,40-41,49,51,53-55H,9-13,15-17H2,1-3H3/t18-,21-,23-,29-,38+,40+,41-,42-/m0/s1. The lowest BCUT2D eigenvalue weighted by Crippen LogP contribution is -2.55. The van der Waals surface area contributed by atoms with Gasteiger partial charge in [-0.1, -0.05) is 12.1 Å². The number of morpholine rings is 1. The normalized spacial score (nSPS) is 29.0. The molecule has 8 atom stereocenters. The lowest BCUT2D eigenvalue weighted by Gasteiger charge is -2.43. The first kappa shape index (κ1) is 42.0. The van der Waals surface area contributed by atoms with E-state index >= 15 is 0 Å². The van der Waals surface area contributed by atoms with E-state index in [9.17, 15) is 49.5 Å². The van der Waals surface area contributed by atoms with E-state index < -0.39 is 125 Å². The zero-order valence-corrected chi connectivity index (χ0v) is 34.5. The first-order valence-corrected chi connectivity index (χ1v) is 20.9. The summed E-state index contributed by atoms with van der Waals surface area (Å²) in [5.41, 5.74) is -3.81. The van der Waals surface area contributed by atoms with Crippen molar-refractivity contribution in [3.8, 4) is 29.0 Å². The highest BCUT2D eigenvalue weighted by molar-refractivity contribution is 8.00. The number of aromatic hydroxyl groups is 4. The van der Waals surface area contributed by atoms with Crippen LogP contribution in [0, 0.1) is 0 Å². The summed E-state index contributed by atoms with van der Waals surface area (Å²) in [4.78, 5) is 69.6. The maximum atomic E-state index is 14.2. The summed E-state index contributed by atoms with van der Waals surface area (Å²) in [6.07, 6.45) is -3.20. The first-order chi connectivity index (χ1) is 29.6. The molecule has 328 valence electrons. The fraction of sp³-hybridized carbons (Fsp3) is 0.452. The molecule has 5 heterocycles. The van der Waals surface area contributed by atoms with Gasteiger partial charge in [0.1, 0.15) is 29.0 Å². The summed E-state index contributed by atoms with van der Waals surface area (Å²) >= 11 is 0.782. The van der Waals surface area contributed by atoms with Crippen LogP contribution in [0.2, 0.25) is 0 Å². The summed E-state index contributed by atoms with van der Waals surface area (Å²) in [7, 11) is 2.85. The zero-order chi connectivity index (χ0) is 43.9. The molecule has 2 aromatic carbocycles. The third kappa shape index (κ3) is 6.67. The van der Waals surface area contributed by atoms with Gasteiger partial charge >= 0.3 is 0 Å². The Labute approximate surface area is 357 Å². The third-order valence-electron chi connectivity index (χ3n) is 12.5. The number of aliphatic hydroxyl groups is 1. The Morgan fingerprint density at radius 1 is 0.968 bits per heavy atom. The molecule has 62 heavy (non-hydrogen) atoms. The third-order valence-corrected chi connectivity index (χ3v) is 13.5. The molecule has 0 saturated carbocycles. The van der Waals surface area contributed by atoms with Crippen molar-refractivity contribution in [1.29, 1.82) is 0 Å². The number of hydrogen-bond acceptors (Lipinski definition) is 18. The number of carbonyl (C=O) groups excluding carboxylic acids is 5. The number of phenolic OH excluding ortho intramolecular Hbond substituents is 2. The Morgan fingerprint density at radius 3 is 2.44 bits per heavy atom. The second-order valence-electron chi connectivity index (χ2n) is 15.9. The van der Waals surface area contributed by atoms with Crippen molar-refractivity contribution < 1.29 is 77.9 Å². The molecule has 1 aromatic heterocycles. The molecule has 0 bridgehead atoms. The number of imide groups is 1. The van der Waals surface area contributed by atoms with Crippen LogP contribution in [0.15, 0.2) is 41.3 Å².